The van der Waals surface area contributed by atoms with Gasteiger partial charge in [0.15, 0.2) is 0 Å². The quantitative estimate of drug-likeness (QED) is 0.806. The summed E-state index contributed by atoms with van der Waals surface area (Å²) in [5.41, 5.74) is 3.63. The van der Waals surface area contributed by atoms with Crippen molar-refractivity contribution < 1.29 is 4.79 Å². The highest BCUT2D eigenvalue weighted by Gasteiger charge is 2.11. The van der Waals surface area contributed by atoms with E-state index in [1.54, 1.807) is 6.20 Å². The first kappa shape index (κ1) is 14.3. The van der Waals surface area contributed by atoms with Crippen molar-refractivity contribution in [3.05, 3.63) is 48.4 Å². The molecule has 0 unspecified atom stereocenters. The Balaban J connectivity index is 1.99. The van der Waals surface area contributed by atoms with Crippen LogP contribution < -0.4 is 5.32 Å². The van der Waals surface area contributed by atoms with Crippen LogP contribution in [-0.2, 0) is 4.79 Å². The zero-order valence-electron chi connectivity index (χ0n) is 12.9. The topological polar surface area (TPSA) is 59.3 Å². The van der Waals surface area contributed by atoms with E-state index in [1.807, 2.05) is 61.8 Å². The molecule has 2 heterocycles. The van der Waals surface area contributed by atoms with Crippen LogP contribution in [0.1, 0.15) is 19.4 Å². The maximum Gasteiger partial charge on any atom is 0.234 e. The molecular formula is C17H18N4O. The highest BCUT2D eigenvalue weighted by molar-refractivity contribution is 5.93. The fourth-order valence-corrected chi connectivity index (χ4v) is 2.16. The van der Waals surface area contributed by atoms with E-state index in [4.69, 9.17) is 0 Å². The summed E-state index contributed by atoms with van der Waals surface area (Å²) in [4.78, 5) is 20.6. The highest BCUT2D eigenvalue weighted by atomic mass is 16.1. The number of imidazole rings is 1. The summed E-state index contributed by atoms with van der Waals surface area (Å²) >= 11 is 0. The molecular weight excluding hydrogens is 276 g/mol. The fraction of sp³-hybridized carbons (Fsp3) is 0.235. The SMILES string of the molecule is Cc1ccc(-c2cn3cccnc3n2)cc1NC(=O)C(C)C. The van der Waals surface area contributed by atoms with Crippen molar-refractivity contribution in [2.75, 3.05) is 5.32 Å². The Morgan fingerprint density at radius 1 is 1.32 bits per heavy atom. The molecule has 5 nitrogen and oxygen atoms in total. The van der Waals surface area contributed by atoms with Crippen molar-refractivity contribution in [3.63, 3.8) is 0 Å². The molecule has 0 aliphatic rings. The molecule has 0 atom stereocenters. The number of nitrogens with one attached hydrogen (secondary N) is 1. The Hall–Kier alpha value is -2.69. The van der Waals surface area contributed by atoms with Crippen LogP contribution in [0.3, 0.4) is 0 Å². The second kappa shape index (κ2) is 5.60. The van der Waals surface area contributed by atoms with Crippen molar-refractivity contribution in [2.45, 2.75) is 20.8 Å². The zero-order valence-corrected chi connectivity index (χ0v) is 12.9. The van der Waals surface area contributed by atoms with Gasteiger partial charge in [0.1, 0.15) is 0 Å². The van der Waals surface area contributed by atoms with Gasteiger partial charge in [-0.2, -0.15) is 0 Å². The minimum atomic E-state index is -0.0533. The molecule has 3 rings (SSSR count). The smallest absolute Gasteiger partial charge is 0.234 e. The second-order valence-corrected chi connectivity index (χ2v) is 5.63. The summed E-state index contributed by atoms with van der Waals surface area (Å²) in [7, 11) is 0. The third-order valence-electron chi connectivity index (χ3n) is 3.55. The Morgan fingerprint density at radius 2 is 2.14 bits per heavy atom. The van der Waals surface area contributed by atoms with Crippen molar-refractivity contribution >= 4 is 17.4 Å². The van der Waals surface area contributed by atoms with Crippen LogP contribution in [0.5, 0.6) is 0 Å². The van der Waals surface area contributed by atoms with Gasteiger partial charge in [0, 0.05) is 35.8 Å². The molecule has 2 aromatic heterocycles. The number of amides is 1. The van der Waals surface area contributed by atoms with E-state index in [0.29, 0.717) is 5.78 Å². The average molecular weight is 294 g/mol. The molecule has 0 aliphatic heterocycles. The Morgan fingerprint density at radius 3 is 2.86 bits per heavy atom. The van der Waals surface area contributed by atoms with Gasteiger partial charge in [0.2, 0.25) is 11.7 Å². The number of rotatable bonds is 3. The van der Waals surface area contributed by atoms with Gasteiger partial charge in [-0.05, 0) is 24.6 Å². The first-order chi connectivity index (χ1) is 10.5. The van der Waals surface area contributed by atoms with E-state index in [1.165, 1.54) is 0 Å². The van der Waals surface area contributed by atoms with Crippen LogP contribution in [0.2, 0.25) is 0 Å². The van der Waals surface area contributed by atoms with Crippen molar-refractivity contribution in [1.82, 2.24) is 14.4 Å². The lowest BCUT2D eigenvalue weighted by molar-refractivity contribution is -0.118. The molecule has 3 aromatic rings. The van der Waals surface area contributed by atoms with Crippen molar-refractivity contribution in [1.29, 1.82) is 0 Å². The van der Waals surface area contributed by atoms with Crippen molar-refractivity contribution in [3.8, 4) is 11.3 Å². The molecule has 0 spiro atoms. The number of hydrogen-bond acceptors (Lipinski definition) is 3. The molecule has 0 aliphatic carbocycles. The first-order valence-corrected chi connectivity index (χ1v) is 7.26. The van der Waals surface area contributed by atoms with Gasteiger partial charge in [0.05, 0.1) is 5.69 Å². The summed E-state index contributed by atoms with van der Waals surface area (Å²) in [5.74, 6) is 0.616. The molecule has 5 heteroatoms. The lowest BCUT2D eigenvalue weighted by Gasteiger charge is -2.11. The van der Waals surface area contributed by atoms with Gasteiger partial charge in [-0.25, -0.2) is 9.97 Å². The number of carbonyl (C=O) groups is 1. The minimum Gasteiger partial charge on any atom is -0.326 e. The van der Waals surface area contributed by atoms with Gasteiger partial charge in [-0.3, -0.25) is 9.20 Å². The third-order valence-corrected chi connectivity index (χ3v) is 3.55. The van der Waals surface area contributed by atoms with Gasteiger partial charge in [-0.1, -0.05) is 26.0 Å². The largest absolute Gasteiger partial charge is 0.326 e. The lowest BCUT2D eigenvalue weighted by atomic mass is 10.1. The van der Waals surface area contributed by atoms with Gasteiger partial charge >= 0.3 is 0 Å². The Labute approximate surface area is 129 Å². The molecule has 0 saturated carbocycles. The average Bonchev–Trinajstić information content (AvgIpc) is 2.93. The number of fused-ring (bicyclic) bond motifs is 1. The number of benzene rings is 1. The van der Waals surface area contributed by atoms with Crippen LogP contribution in [0.4, 0.5) is 5.69 Å². The molecule has 0 saturated heterocycles. The molecule has 1 N–H and O–H groups in total. The number of hydrogen-bond donors (Lipinski definition) is 1. The van der Waals surface area contributed by atoms with Crippen molar-refractivity contribution in [2.24, 2.45) is 5.92 Å². The highest BCUT2D eigenvalue weighted by Crippen LogP contribution is 2.25. The summed E-state index contributed by atoms with van der Waals surface area (Å²) < 4.78 is 1.88. The summed E-state index contributed by atoms with van der Waals surface area (Å²) in [6.07, 6.45) is 5.56. The number of aromatic nitrogens is 3. The van der Waals surface area contributed by atoms with Crippen LogP contribution >= 0.6 is 0 Å². The normalized spacial score (nSPS) is 11.1. The zero-order chi connectivity index (χ0) is 15.7. The van der Waals surface area contributed by atoms with E-state index in [0.717, 1.165) is 22.5 Å². The summed E-state index contributed by atoms with van der Waals surface area (Å²) in [6.45, 7) is 5.73. The van der Waals surface area contributed by atoms with E-state index >= 15 is 0 Å². The molecule has 0 bridgehead atoms. The summed E-state index contributed by atoms with van der Waals surface area (Å²) in [5, 5.41) is 2.96. The van der Waals surface area contributed by atoms with Crippen LogP contribution in [0.15, 0.2) is 42.9 Å². The predicted molar refractivity (Wildman–Crippen MR) is 86.6 cm³/mol. The summed E-state index contributed by atoms with van der Waals surface area (Å²) in [6, 6.07) is 7.81. The van der Waals surface area contributed by atoms with E-state index in [2.05, 4.69) is 15.3 Å². The molecule has 1 amide bonds. The molecule has 1 aromatic carbocycles. The molecule has 0 fully saturated rings. The second-order valence-electron chi connectivity index (χ2n) is 5.63. The van der Waals surface area contributed by atoms with Crippen LogP contribution in [-0.4, -0.2) is 20.3 Å². The molecule has 112 valence electrons. The third kappa shape index (κ3) is 2.70. The standard InChI is InChI=1S/C17H18N4O/c1-11(2)16(22)19-14-9-13(6-5-12(14)3)15-10-21-8-4-7-18-17(21)20-15/h4-11H,1-3H3,(H,19,22). The number of anilines is 1. The first-order valence-electron chi connectivity index (χ1n) is 7.26. The number of nitrogens with zero attached hydrogens (tertiary/aromatic N) is 3. The van der Waals surface area contributed by atoms with Gasteiger partial charge < -0.3 is 5.32 Å². The number of aryl methyl sites for hydroxylation is 1. The molecule has 22 heavy (non-hydrogen) atoms. The maximum absolute atomic E-state index is 11.9. The Bertz CT molecular complexity index is 803. The monoisotopic (exact) mass is 294 g/mol. The van der Waals surface area contributed by atoms with E-state index in [-0.39, 0.29) is 11.8 Å². The van der Waals surface area contributed by atoms with Crippen LogP contribution in [0.25, 0.3) is 17.0 Å². The van der Waals surface area contributed by atoms with Crippen LogP contribution in [0, 0.1) is 12.8 Å². The maximum atomic E-state index is 11.9. The van der Waals surface area contributed by atoms with E-state index < -0.39 is 0 Å². The fourth-order valence-electron chi connectivity index (χ4n) is 2.16. The number of carbonyl (C=O) groups excluding carboxylic acids is 1. The predicted octanol–water partition coefficient (Wildman–Crippen LogP) is 3.30. The lowest BCUT2D eigenvalue weighted by Crippen LogP contribution is -2.18. The van der Waals surface area contributed by atoms with E-state index in [9.17, 15) is 4.79 Å². The van der Waals surface area contributed by atoms with Gasteiger partial charge in [0.25, 0.3) is 0 Å². The van der Waals surface area contributed by atoms with Gasteiger partial charge in [-0.15, -0.1) is 0 Å². The minimum absolute atomic E-state index is 0.0110. The Kier molecular flexibility index (Phi) is 3.63. The molecule has 0 radical (unpaired) electrons.